The van der Waals surface area contributed by atoms with Crippen LogP contribution in [-0.2, 0) is 0 Å². The van der Waals surface area contributed by atoms with Gasteiger partial charge in [-0.3, -0.25) is 0 Å². The molecule has 2 heterocycles. The third kappa shape index (κ3) is 2.11. The molecule has 2 aromatic heterocycles. The largest absolute Gasteiger partial charge is 0.507 e. The van der Waals surface area contributed by atoms with E-state index >= 15 is 0 Å². The Morgan fingerprint density at radius 2 is 1.95 bits per heavy atom. The summed E-state index contributed by atoms with van der Waals surface area (Å²) in [6, 6.07) is 7.07. The predicted octanol–water partition coefficient (Wildman–Crippen LogP) is 2.52. The van der Waals surface area contributed by atoms with Crippen molar-refractivity contribution in [2.24, 2.45) is 0 Å². The Hall–Kier alpha value is -2.76. The topological polar surface area (TPSA) is 84.9 Å². The minimum atomic E-state index is 0.140. The van der Waals surface area contributed by atoms with E-state index in [0.29, 0.717) is 22.9 Å². The molecule has 3 rings (SSSR count). The van der Waals surface area contributed by atoms with Crippen LogP contribution >= 0.6 is 0 Å². The van der Waals surface area contributed by atoms with E-state index in [1.54, 1.807) is 25.3 Å². The van der Waals surface area contributed by atoms with E-state index in [9.17, 15) is 5.11 Å². The fraction of sp³-hybridized carbons (Fsp3) is 0.143. The van der Waals surface area contributed by atoms with E-state index in [0.717, 1.165) is 5.56 Å². The van der Waals surface area contributed by atoms with Gasteiger partial charge in [-0.05, 0) is 31.5 Å². The lowest BCUT2D eigenvalue weighted by molar-refractivity contribution is 0.425. The molecule has 100 valence electrons. The SMILES string of the molecule is Cc1nccc(-c2noc(-c3cccc(C)c3O)n2)n1. The molecule has 0 aliphatic heterocycles. The van der Waals surface area contributed by atoms with E-state index in [4.69, 9.17) is 4.52 Å². The number of para-hydroxylation sites is 1. The first kappa shape index (κ1) is 12.3. The highest BCUT2D eigenvalue weighted by atomic mass is 16.5. The Kier molecular flexibility index (Phi) is 2.90. The van der Waals surface area contributed by atoms with Crippen LogP contribution < -0.4 is 0 Å². The van der Waals surface area contributed by atoms with Gasteiger partial charge in [0, 0.05) is 6.20 Å². The molecule has 0 fully saturated rings. The second-order valence-corrected chi connectivity index (χ2v) is 4.38. The number of aryl methyl sites for hydroxylation is 2. The predicted molar refractivity (Wildman–Crippen MR) is 71.9 cm³/mol. The fourth-order valence-corrected chi connectivity index (χ4v) is 1.85. The minimum absolute atomic E-state index is 0.140. The monoisotopic (exact) mass is 268 g/mol. The minimum Gasteiger partial charge on any atom is -0.507 e. The molecule has 6 heteroatoms. The van der Waals surface area contributed by atoms with Gasteiger partial charge in [0.2, 0.25) is 5.82 Å². The number of phenolic OH excluding ortho intramolecular Hbond substituents is 1. The summed E-state index contributed by atoms with van der Waals surface area (Å²) in [4.78, 5) is 12.5. The molecule has 0 unspecified atom stereocenters. The average molecular weight is 268 g/mol. The Morgan fingerprint density at radius 1 is 1.10 bits per heavy atom. The number of aromatic nitrogens is 4. The van der Waals surface area contributed by atoms with Crippen LogP contribution in [0.3, 0.4) is 0 Å². The number of benzene rings is 1. The molecule has 1 aromatic carbocycles. The Morgan fingerprint density at radius 3 is 2.75 bits per heavy atom. The van der Waals surface area contributed by atoms with Crippen molar-refractivity contribution in [3.8, 4) is 28.7 Å². The van der Waals surface area contributed by atoms with Gasteiger partial charge in [0.25, 0.3) is 5.89 Å². The van der Waals surface area contributed by atoms with Gasteiger partial charge in [-0.2, -0.15) is 4.98 Å². The molecule has 0 amide bonds. The Balaban J connectivity index is 2.04. The highest BCUT2D eigenvalue weighted by Crippen LogP contribution is 2.31. The molecular formula is C14H12N4O2. The van der Waals surface area contributed by atoms with Crippen molar-refractivity contribution in [2.45, 2.75) is 13.8 Å². The van der Waals surface area contributed by atoms with E-state index in [-0.39, 0.29) is 11.6 Å². The summed E-state index contributed by atoms with van der Waals surface area (Å²) in [6.45, 7) is 3.60. The lowest BCUT2D eigenvalue weighted by atomic mass is 10.1. The molecule has 0 aliphatic rings. The third-order valence-corrected chi connectivity index (χ3v) is 2.90. The number of aromatic hydroxyl groups is 1. The molecule has 0 spiro atoms. The lowest BCUT2D eigenvalue weighted by Gasteiger charge is -2.01. The van der Waals surface area contributed by atoms with Gasteiger partial charge in [0.1, 0.15) is 17.3 Å². The standard InChI is InChI=1S/C14H12N4O2/c1-8-4-3-5-10(12(8)19)14-17-13(18-20-14)11-6-7-15-9(2)16-11/h3-7,19H,1-2H3. The van der Waals surface area contributed by atoms with Gasteiger partial charge in [-0.25, -0.2) is 9.97 Å². The number of hydrogen-bond acceptors (Lipinski definition) is 6. The lowest BCUT2D eigenvalue weighted by Crippen LogP contribution is -1.91. The first-order valence-electron chi connectivity index (χ1n) is 6.08. The van der Waals surface area contributed by atoms with Crippen molar-refractivity contribution in [3.63, 3.8) is 0 Å². The van der Waals surface area contributed by atoms with Crippen LogP contribution in [0, 0.1) is 13.8 Å². The summed E-state index contributed by atoms with van der Waals surface area (Å²) < 4.78 is 5.20. The normalized spacial score (nSPS) is 10.7. The molecule has 0 radical (unpaired) electrons. The Bertz CT molecular complexity index is 767. The Labute approximate surface area is 115 Å². The van der Waals surface area contributed by atoms with Crippen molar-refractivity contribution in [1.82, 2.24) is 20.1 Å². The summed E-state index contributed by atoms with van der Waals surface area (Å²) in [5.74, 6) is 1.40. The quantitative estimate of drug-likeness (QED) is 0.768. The zero-order valence-electron chi connectivity index (χ0n) is 11.0. The zero-order valence-corrected chi connectivity index (χ0v) is 11.0. The first-order valence-corrected chi connectivity index (χ1v) is 6.08. The molecule has 0 bridgehead atoms. The van der Waals surface area contributed by atoms with Crippen molar-refractivity contribution >= 4 is 0 Å². The van der Waals surface area contributed by atoms with Crippen LogP contribution in [0.25, 0.3) is 23.0 Å². The molecule has 0 saturated carbocycles. The summed E-state index contributed by atoms with van der Waals surface area (Å²) in [7, 11) is 0. The van der Waals surface area contributed by atoms with Crippen molar-refractivity contribution < 1.29 is 9.63 Å². The summed E-state index contributed by atoms with van der Waals surface area (Å²) >= 11 is 0. The summed E-state index contributed by atoms with van der Waals surface area (Å²) in [6.07, 6.45) is 1.64. The van der Waals surface area contributed by atoms with Gasteiger partial charge >= 0.3 is 0 Å². The summed E-state index contributed by atoms with van der Waals surface area (Å²) in [5, 5.41) is 13.9. The molecular weight excluding hydrogens is 256 g/mol. The number of hydrogen-bond donors (Lipinski definition) is 1. The van der Waals surface area contributed by atoms with E-state index < -0.39 is 0 Å². The van der Waals surface area contributed by atoms with Crippen molar-refractivity contribution in [2.75, 3.05) is 0 Å². The van der Waals surface area contributed by atoms with Crippen LogP contribution in [0.15, 0.2) is 35.0 Å². The molecule has 0 aliphatic carbocycles. The number of rotatable bonds is 2. The van der Waals surface area contributed by atoms with Crippen molar-refractivity contribution in [3.05, 3.63) is 41.9 Å². The van der Waals surface area contributed by atoms with Gasteiger partial charge in [0.15, 0.2) is 0 Å². The van der Waals surface area contributed by atoms with Gasteiger partial charge in [0.05, 0.1) is 5.56 Å². The molecule has 6 nitrogen and oxygen atoms in total. The van der Waals surface area contributed by atoms with E-state index in [1.165, 1.54) is 0 Å². The van der Waals surface area contributed by atoms with E-state index in [1.807, 2.05) is 19.1 Å². The van der Waals surface area contributed by atoms with Crippen LogP contribution in [0.1, 0.15) is 11.4 Å². The smallest absolute Gasteiger partial charge is 0.262 e. The van der Waals surface area contributed by atoms with Gasteiger partial charge in [-0.15, -0.1) is 0 Å². The molecule has 0 saturated heterocycles. The van der Waals surface area contributed by atoms with Crippen LogP contribution in [-0.4, -0.2) is 25.2 Å². The second-order valence-electron chi connectivity index (χ2n) is 4.38. The van der Waals surface area contributed by atoms with Crippen LogP contribution in [0.2, 0.25) is 0 Å². The highest BCUT2D eigenvalue weighted by molar-refractivity contribution is 5.65. The average Bonchev–Trinajstić information content (AvgIpc) is 2.91. The first-order chi connectivity index (χ1) is 9.65. The number of nitrogens with zero attached hydrogens (tertiary/aromatic N) is 4. The molecule has 1 N–H and O–H groups in total. The molecule has 0 atom stereocenters. The zero-order chi connectivity index (χ0) is 14.1. The van der Waals surface area contributed by atoms with Crippen molar-refractivity contribution in [1.29, 1.82) is 0 Å². The highest BCUT2D eigenvalue weighted by Gasteiger charge is 2.15. The molecule has 3 aromatic rings. The van der Waals surface area contributed by atoms with Gasteiger partial charge < -0.3 is 9.63 Å². The maximum absolute atomic E-state index is 10.0. The van der Waals surface area contributed by atoms with Crippen LogP contribution in [0.5, 0.6) is 5.75 Å². The van der Waals surface area contributed by atoms with Crippen LogP contribution in [0.4, 0.5) is 0 Å². The maximum Gasteiger partial charge on any atom is 0.262 e. The summed E-state index contributed by atoms with van der Waals surface area (Å²) in [5.41, 5.74) is 1.84. The maximum atomic E-state index is 10.0. The van der Waals surface area contributed by atoms with E-state index in [2.05, 4.69) is 20.1 Å². The fourth-order valence-electron chi connectivity index (χ4n) is 1.85. The number of phenols is 1. The second kappa shape index (κ2) is 4.73. The van der Waals surface area contributed by atoms with Gasteiger partial charge in [-0.1, -0.05) is 17.3 Å². The third-order valence-electron chi connectivity index (χ3n) is 2.90. The molecule has 20 heavy (non-hydrogen) atoms.